The molecule has 21 heavy (non-hydrogen) atoms. The van der Waals surface area contributed by atoms with Gasteiger partial charge in [-0.3, -0.25) is 9.78 Å². The lowest BCUT2D eigenvalue weighted by molar-refractivity contribution is 0.0978. The second kappa shape index (κ2) is 5.75. The number of fused-ring (bicyclic) bond motifs is 1. The smallest absolute Gasteiger partial charge is 0.181 e. The molecule has 0 fully saturated rings. The van der Waals surface area contributed by atoms with Gasteiger partial charge in [0.05, 0.1) is 0 Å². The number of ketones is 1. The molecule has 0 atom stereocenters. The molecule has 1 N–H and O–H groups in total. The number of pyridine rings is 1. The van der Waals surface area contributed by atoms with E-state index in [4.69, 9.17) is 0 Å². The summed E-state index contributed by atoms with van der Waals surface area (Å²) < 4.78 is 0. The first-order chi connectivity index (χ1) is 10.3. The summed E-state index contributed by atoms with van der Waals surface area (Å²) in [5, 5.41) is 12.1. The summed E-state index contributed by atoms with van der Waals surface area (Å²) in [4.78, 5) is 16.2. The Balaban J connectivity index is 1.86. The quantitative estimate of drug-likeness (QED) is 0.739. The Labute approximate surface area is 122 Å². The monoisotopic (exact) mass is 277 g/mol. The molecule has 3 rings (SSSR count). The molecule has 0 aliphatic carbocycles. The Morgan fingerprint density at radius 2 is 1.81 bits per heavy atom. The van der Waals surface area contributed by atoms with Gasteiger partial charge >= 0.3 is 0 Å². The van der Waals surface area contributed by atoms with Crippen LogP contribution in [0.3, 0.4) is 0 Å². The molecule has 0 radical (unpaired) electrons. The van der Waals surface area contributed by atoms with E-state index in [0.29, 0.717) is 18.5 Å². The van der Waals surface area contributed by atoms with Crippen LogP contribution in [-0.4, -0.2) is 15.9 Å². The highest BCUT2D eigenvalue weighted by Gasteiger charge is 2.11. The van der Waals surface area contributed by atoms with Crippen LogP contribution >= 0.6 is 0 Å². The first-order valence-corrected chi connectivity index (χ1v) is 6.89. The number of phenols is 1. The third kappa shape index (κ3) is 2.77. The molecule has 3 heteroatoms. The molecular formula is C18H15NO2. The highest BCUT2D eigenvalue weighted by atomic mass is 16.3. The summed E-state index contributed by atoms with van der Waals surface area (Å²) >= 11 is 0. The third-order valence-corrected chi connectivity index (χ3v) is 3.57. The van der Waals surface area contributed by atoms with Gasteiger partial charge in [0.2, 0.25) is 0 Å². The molecule has 0 amide bonds. The standard InChI is InChI=1S/C18H15NO2/c20-17-10-8-13-5-1-2-6-14(13)15(17)9-11-18(21)16-7-3-4-12-19-16/h1-8,10,12,20H,9,11H2. The van der Waals surface area contributed by atoms with Crippen molar-refractivity contribution in [2.75, 3.05) is 0 Å². The van der Waals surface area contributed by atoms with E-state index in [9.17, 15) is 9.90 Å². The predicted octanol–water partition coefficient (Wildman–Crippen LogP) is 3.76. The number of nitrogens with zero attached hydrogens (tertiary/aromatic N) is 1. The van der Waals surface area contributed by atoms with Crippen LogP contribution < -0.4 is 0 Å². The van der Waals surface area contributed by atoms with Crippen LogP contribution in [0, 0.1) is 0 Å². The molecule has 0 saturated carbocycles. The summed E-state index contributed by atoms with van der Waals surface area (Å²) in [6.07, 6.45) is 2.45. The molecule has 0 unspecified atom stereocenters. The molecule has 0 aliphatic rings. The Morgan fingerprint density at radius 1 is 1.00 bits per heavy atom. The van der Waals surface area contributed by atoms with Gasteiger partial charge in [0.25, 0.3) is 0 Å². The second-order valence-electron chi connectivity index (χ2n) is 4.92. The van der Waals surface area contributed by atoms with Gasteiger partial charge in [-0.1, -0.05) is 36.4 Å². The van der Waals surface area contributed by atoms with Crippen molar-refractivity contribution in [2.24, 2.45) is 0 Å². The SMILES string of the molecule is O=C(CCc1c(O)ccc2ccccc12)c1ccccn1. The number of phenolic OH excluding ortho intramolecular Hbond substituents is 1. The molecule has 0 spiro atoms. The van der Waals surface area contributed by atoms with Gasteiger partial charge in [0.1, 0.15) is 11.4 Å². The Hall–Kier alpha value is -2.68. The zero-order valence-corrected chi connectivity index (χ0v) is 11.5. The van der Waals surface area contributed by atoms with E-state index in [1.165, 1.54) is 0 Å². The molecular weight excluding hydrogens is 262 g/mol. The van der Waals surface area contributed by atoms with E-state index in [1.807, 2.05) is 30.3 Å². The minimum atomic E-state index is -0.0112. The lowest BCUT2D eigenvalue weighted by atomic mass is 9.98. The number of aryl methyl sites for hydroxylation is 1. The van der Waals surface area contributed by atoms with Crippen molar-refractivity contribution in [2.45, 2.75) is 12.8 Å². The van der Waals surface area contributed by atoms with Crippen LogP contribution in [0.25, 0.3) is 10.8 Å². The fourth-order valence-corrected chi connectivity index (χ4v) is 2.48. The van der Waals surface area contributed by atoms with Crippen molar-refractivity contribution in [3.8, 4) is 5.75 Å². The number of benzene rings is 2. The van der Waals surface area contributed by atoms with E-state index in [0.717, 1.165) is 16.3 Å². The molecule has 104 valence electrons. The maximum Gasteiger partial charge on any atom is 0.181 e. The van der Waals surface area contributed by atoms with Crippen LogP contribution in [-0.2, 0) is 6.42 Å². The first-order valence-electron chi connectivity index (χ1n) is 6.89. The minimum Gasteiger partial charge on any atom is -0.508 e. The first kappa shape index (κ1) is 13.3. The van der Waals surface area contributed by atoms with Crippen molar-refractivity contribution < 1.29 is 9.90 Å². The van der Waals surface area contributed by atoms with Gasteiger partial charge in [0, 0.05) is 18.2 Å². The topological polar surface area (TPSA) is 50.2 Å². The van der Waals surface area contributed by atoms with E-state index in [1.54, 1.807) is 30.5 Å². The number of aromatic nitrogens is 1. The van der Waals surface area contributed by atoms with Gasteiger partial charge in [0.15, 0.2) is 5.78 Å². The largest absolute Gasteiger partial charge is 0.508 e. The molecule has 0 bridgehead atoms. The van der Waals surface area contributed by atoms with Crippen molar-refractivity contribution in [1.29, 1.82) is 0 Å². The predicted molar refractivity (Wildman–Crippen MR) is 82.5 cm³/mol. The van der Waals surface area contributed by atoms with Crippen LogP contribution in [0.2, 0.25) is 0 Å². The van der Waals surface area contributed by atoms with E-state index in [2.05, 4.69) is 4.98 Å². The summed E-state index contributed by atoms with van der Waals surface area (Å²) in [6, 6.07) is 16.7. The third-order valence-electron chi connectivity index (χ3n) is 3.57. The fourth-order valence-electron chi connectivity index (χ4n) is 2.48. The Morgan fingerprint density at radius 3 is 2.62 bits per heavy atom. The number of Topliss-reactive ketones (excluding diaryl/α,β-unsaturated/α-hetero) is 1. The normalized spacial score (nSPS) is 10.7. The van der Waals surface area contributed by atoms with E-state index >= 15 is 0 Å². The lowest BCUT2D eigenvalue weighted by Gasteiger charge is -2.08. The summed E-state index contributed by atoms with van der Waals surface area (Å²) in [6.45, 7) is 0. The van der Waals surface area contributed by atoms with Gasteiger partial charge < -0.3 is 5.11 Å². The highest BCUT2D eigenvalue weighted by Crippen LogP contribution is 2.28. The molecule has 2 aromatic carbocycles. The zero-order valence-electron chi connectivity index (χ0n) is 11.5. The fraction of sp³-hybridized carbons (Fsp3) is 0.111. The molecule has 3 nitrogen and oxygen atoms in total. The van der Waals surface area contributed by atoms with Gasteiger partial charge in [-0.25, -0.2) is 0 Å². The van der Waals surface area contributed by atoms with Crippen LogP contribution in [0.5, 0.6) is 5.75 Å². The minimum absolute atomic E-state index is 0.0112. The number of rotatable bonds is 4. The van der Waals surface area contributed by atoms with E-state index in [-0.39, 0.29) is 11.5 Å². The zero-order chi connectivity index (χ0) is 14.7. The highest BCUT2D eigenvalue weighted by molar-refractivity contribution is 5.95. The molecule has 3 aromatic rings. The summed E-state index contributed by atoms with van der Waals surface area (Å²) in [7, 11) is 0. The number of hydrogen-bond acceptors (Lipinski definition) is 3. The van der Waals surface area contributed by atoms with Crippen LogP contribution in [0.15, 0.2) is 60.8 Å². The lowest BCUT2D eigenvalue weighted by Crippen LogP contribution is -2.03. The average molecular weight is 277 g/mol. The average Bonchev–Trinajstić information content (AvgIpc) is 2.54. The van der Waals surface area contributed by atoms with Gasteiger partial charge in [-0.05, 0) is 35.4 Å². The number of carbonyl (C=O) groups excluding carboxylic acids is 1. The molecule has 1 aromatic heterocycles. The van der Waals surface area contributed by atoms with Crippen molar-refractivity contribution >= 4 is 16.6 Å². The summed E-state index contributed by atoms with van der Waals surface area (Å²) in [5.74, 6) is 0.227. The van der Waals surface area contributed by atoms with Gasteiger partial charge in [-0.2, -0.15) is 0 Å². The van der Waals surface area contributed by atoms with Crippen LogP contribution in [0.4, 0.5) is 0 Å². The van der Waals surface area contributed by atoms with Crippen molar-refractivity contribution in [1.82, 2.24) is 4.98 Å². The van der Waals surface area contributed by atoms with Crippen molar-refractivity contribution in [3.63, 3.8) is 0 Å². The maximum absolute atomic E-state index is 12.1. The number of hydrogen-bond donors (Lipinski definition) is 1. The maximum atomic E-state index is 12.1. The van der Waals surface area contributed by atoms with Gasteiger partial charge in [-0.15, -0.1) is 0 Å². The Kier molecular flexibility index (Phi) is 3.65. The van der Waals surface area contributed by atoms with Crippen molar-refractivity contribution in [3.05, 3.63) is 72.1 Å². The van der Waals surface area contributed by atoms with E-state index < -0.39 is 0 Å². The van der Waals surface area contributed by atoms with Crippen LogP contribution in [0.1, 0.15) is 22.5 Å². The Bertz CT molecular complexity index is 782. The molecule has 1 heterocycles. The summed E-state index contributed by atoms with van der Waals surface area (Å²) in [5.41, 5.74) is 1.29. The number of carbonyl (C=O) groups is 1. The number of aromatic hydroxyl groups is 1. The second-order valence-corrected chi connectivity index (χ2v) is 4.92. The molecule has 0 saturated heterocycles. The molecule has 0 aliphatic heterocycles.